The van der Waals surface area contributed by atoms with Crippen molar-refractivity contribution in [1.29, 1.82) is 0 Å². The van der Waals surface area contributed by atoms with E-state index in [0.717, 1.165) is 44.3 Å². The quantitative estimate of drug-likeness (QED) is 0.566. The molecule has 0 bridgehead atoms. The number of guanidine groups is 1. The summed E-state index contributed by atoms with van der Waals surface area (Å²) in [6.45, 7) is 8.00. The molecule has 1 aliphatic heterocycles. The van der Waals surface area contributed by atoms with Crippen molar-refractivity contribution in [3.8, 4) is 5.75 Å². The number of rotatable bonds is 7. The fraction of sp³-hybridized carbons (Fsp3) is 0.435. The fourth-order valence-electron chi connectivity index (χ4n) is 3.66. The van der Waals surface area contributed by atoms with Crippen molar-refractivity contribution < 1.29 is 4.74 Å². The molecule has 1 saturated heterocycles. The maximum Gasteiger partial charge on any atom is 0.191 e. The van der Waals surface area contributed by atoms with Crippen LogP contribution in [-0.2, 0) is 0 Å². The molecule has 1 heterocycles. The first-order valence-electron chi connectivity index (χ1n) is 10.2. The lowest BCUT2D eigenvalue weighted by molar-refractivity contribution is 0.414. The molecule has 2 atom stereocenters. The lowest BCUT2D eigenvalue weighted by Gasteiger charge is -2.21. The predicted octanol–water partition coefficient (Wildman–Crippen LogP) is 3.84. The van der Waals surface area contributed by atoms with Gasteiger partial charge in [0.1, 0.15) is 5.75 Å². The van der Waals surface area contributed by atoms with Crippen molar-refractivity contribution in [2.45, 2.75) is 26.3 Å². The first kappa shape index (κ1) is 20.1. The van der Waals surface area contributed by atoms with Gasteiger partial charge in [0.25, 0.3) is 0 Å². The van der Waals surface area contributed by atoms with Crippen LogP contribution in [0.5, 0.6) is 5.75 Å². The molecule has 5 heteroatoms. The summed E-state index contributed by atoms with van der Waals surface area (Å²) in [5.74, 6) is 2.38. The minimum atomic E-state index is 0.215. The maximum absolute atomic E-state index is 5.52. The zero-order chi connectivity index (χ0) is 19.8. The van der Waals surface area contributed by atoms with Gasteiger partial charge >= 0.3 is 0 Å². The second-order valence-corrected chi connectivity index (χ2v) is 7.27. The lowest BCUT2D eigenvalue weighted by Crippen LogP contribution is -2.39. The molecule has 0 radical (unpaired) electrons. The van der Waals surface area contributed by atoms with Crippen LogP contribution in [0.15, 0.2) is 59.6 Å². The van der Waals surface area contributed by atoms with Crippen LogP contribution in [-0.4, -0.2) is 39.2 Å². The summed E-state index contributed by atoms with van der Waals surface area (Å²) in [6.07, 6.45) is 1.15. The number of ether oxygens (including phenoxy) is 1. The number of nitrogens with one attached hydrogen (secondary N) is 2. The third-order valence-corrected chi connectivity index (χ3v) is 5.22. The number of para-hydroxylation sites is 2. The Bertz CT molecular complexity index is 762. The first-order chi connectivity index (χ1) is 13.7. The number of hydrogen-bond acceptors (Lipinski definition) is 3. The van der Waals surface area contributed by atoms with E-state index in [9.17, 15) is 0 Å². The number of nitrogens with zero attached hydrogens (tertiary/aromatic N) is 2. The Hall–Kier alpha value is -2.69. The number of methoxy groups -OCH3 is 1. The van der Waals surface area contributed by atoms with Gasteiger partial charge in [0.2, 0.25) is 0 Å². The van der Waals surface area contributed by atoms with Crippen LogP contribution in [0.3, 0.4) is 0 Å². The molecule has 0 amide bonds. The van der Waals surface area contributed by atoms with Crippen molar-refractivity contribution in [3.05, 3.63) is 60.2 Å². The number of aliphatic imine (C=N–C) groups is 1. The molecule has 2 N–H and O–H groups in total. The Morgan fingerprint density at radius 2 is 1.93 bits per heavy atom. The molecule has 28 heavy (non-hydrogen) atoms. The molecule has 2 unspecified atom stereocenters. The lowest BCUT2D eigenvalue weighted by atomic mass is 10.1. The van der Waals surface area contributed by atoms with Gasteiger partial charge in [-0.2, -0.15) is 0 Å². The van der Waals surface area contributed by atoms with Gasteiger partial charge in [-0.3, -0.25) is 4.99 Å². The van der Waals surface area contributed by atoms with Gasteiger partial charge < -0.3 is 20.3 Å². The molecule has 1 fully saturated rings. The van der Waals surface area contributed by atoms with Crippen LogP contribution in [0.25, 0.3) is 0 Å². The van der Waals surface area contributed by atoms with Crippen LogP contribution >= 0.6 is 0 Å². The van der Waals surface area contributed by atoms with Crippen LogP contribution in [0, 0.1) is 5.92 Å². The molecular weight excluding hydrogens is 348 g/mol. The molecule has 2 aromatic rings. The van der Waals surface area contributed by atoms with E-state index < -0.39 is 0 Å². The van der Waals surface area contributed by atoms with Gasteiger partial charge in [-0.1, -0.05) is 42.5 Å². The van der Waals surface area contributed by atoms with Crippen molar-refractivity contribution in [3.63, 3.8) is 0 Å². The van der Waals surface area contributed by atoms with Crippen molar-refractivity contribution >= 4 is 11.6 Å². The summed E-state index contributed by atoms with van der Waals surface area (Å²) in [4.78, 5) is 7.28. The summed E-state index contributed by atoms with van der Waals surface area (Å²) in [5.41, 5.74) is 2.44. The van der Waals surface area contributed by atoms with E-state index in [4.69, 9.17) is 9.73 Å². The van der Waals surface area contributed by atoms with Gasteiger partial charge in [0, 0.05) is 26.2 Å². The van der Waals surface area contributed by atoms with Gasteiger partial charge in [-0.25, -0.2) is 0 Å². The van der Waals surface area contributed by atoms with E-state index in [1.807, 2.05) is 18.2 Å². The summed E-state index contributed by atoms with van der Waals surface area (Å²) in [7, 11) is 1.74. The normalized spacial score (nSPS) is 18.0. The SMILES string of the molecule is CCNC(=NCC1CCN(c2ccccc2OC)C1)NC(C)c1ccccc1. The molecule has 150 valence electrons. The Labute approximate surface area is 168 Å². The molecule has 0 aromatic heterocycles. The highest BCUT2D eigenvalue weighted by atomic mass is 16.5. The van der Waals surface area contributed by atoms with Crippen LogP contribution in [0.4, 0.5) is 5.69 Å². The Morgan fingerprint density at radius 3 is 2.68 bits per heavy atom. The summed E-state index contributed by atoms with van der Waals surface area (Å²) in [6, 6.07) is 18.9. The summed E-state index contributed by atoms with van der Waals surface area (Å²) >= 11 is 0. The minimum absolute atomic E-state index is 0.215. The molecule has 0 spiro atoms. The average Bonchev–Trinajstić information content (AvgIpc) is 3.21. The minimum Gasteiger partial charge on any atom is -0.495 e. The second kappa shape index (κ2) is 10.0. The summed E-state index contributed by atoms with van der Waals surface area (Å²) in [5, 5.41) is 6.90. The van der Waals surface area contributed by atoms with E-state index in [0.29, 0.717) is 5.92 Å². The number of benzene rings is 2. The first-order valence-corrected chi connectivity index (χ1v) is 10.2. The van der Waals surface area contributed by atoms with Gasteiger partial charge in [0.15, 0.2) is 5.96 Å². The summed E-state index contributed by atoms with van der Waals surface area (Å²) < 4.78 is 5.52. The van der Waals surface area contributed by atoms with Gasteiger partial charge in [-0.05, 0) is 43.9 Å². The average molecular weight is 381 g/mol. The molecule has 3 rings (SSSR count). The van der Waals surface area contributed by atoms with Crippen molar-refractivity contribution in [1.82, 2.24) is 10.6 Å². The van der Waals surface area contributed by atoms with Crippen LogP contribution < -0.4 is 20.3 Å². The maximum atomic E-state index is 5.52. The third kappa shape index (κ3) is 5.18. The fourth-order valence-corrected chi connectivity index (χ4v) is 3.66. The Balaban J connectivity index is 1.59. The van der Waals surface area contributed by atoms with E-state index >= 15 is 0 Å². The van der Waals surface area contributed by atoms with Gasteiger partial charge in [-0.15, -0.1) is 0 Å². The zero-order valence-corrected chi connectivity index (χ0v) is 17.2. The standard InChI is InChI=1S/C23H32N4O/c1-4-24-23(26-18(2)20-10-6-5-7-11-20)25-16-19-14-15-27(17-19)21-12-8-9-13-22(21)28-3/h5-13,18-19H,4,14-17H2,1-3H3,(H2,24,25,26). The molecule has 0 aliphatic carbocycles. The molecular formula is C23H32N4O. The largest absolute Gasteiger partial charge is 0.495 e. The highest BCUT2D eigenvalue weighted by Crippen LogP contribution is 2.31. The molecule has 5 nitrogen and oxygen atoms in total. The highest BCUT2D eigenvalue weighted by molar-refractivity contribution is 5.80. The monoisotopic (exact) mass is 380 g/mol. The predicted molar refractivity (Wildman–Crippen MR) is 117 cm³/mol. The number of anilines is 1. The number of hydrogen-bond donors (Lipinski definition) is 2. The van der Waals surface area contributed by atoms with Crippen LogP contribution in [0.1, 0.15) is 31.9 Å². The highest BCUT2D eigenvalue weighted by Gasteiger charge is 2.24. The smallest absolute Gasteiger partial charge is 0.191 e. The van der Waals surface area contributed by atoms with Crippen molar-refractivity contribution in [2.75, 3.05) is 38.2 Å². The van der Waals surface area contributed by atoms with E-state index in [1.165, 1.54) is 11.3 Å². The Morgan fingerprint density at radius 1 is 1.18 bits per heavy atom. The third-order valence-electron chi connectivity index (χ3n) is 5.22. The molecule has 1 aliphatic rings. The zero-order valence-electron chi connectivity index (χ0n) is 17.2. The second-order valence-electron chi connectivity index (χ2n) is 7.27. The van der Waals surface area contributed by atoms with E-state index in [2.05, 4.69) is 65.8 Å². The van der Waals surface area contributed by atoms with E-state index in [-0.39, 0.29) is 6.04 Å². The van der Waals surface area contributed by atoms with E-state index in [1.54, 1.807) is 7.11 Å². The molecule has 2 aromatic carbocycles. The topological polar surface area (TPSA) is 48.9 Å². The van der Waals surface area contributed by atoms with Crippen molar-refractivity contribution in [2.24, 2.45) is 10.9 Å². The Kier molecular flexibility index (Phi) is 7.18. The van der Waals surface area contributed by atoms with Gasteiger partial charge in [0.05, 0.1) is 18.8 Å². The molecule has 0 saturated carbocycles. The van der Waals surface area contributed by atoms with Crippen LogP contribution in [0.2, 0.25) is 0 Å².